The van der Waals surface area contributed by atoms with Gasteiger partial charge < -0.3 is 9.80 Å². The summed E-state index contributed by atoms with van der Waals surface area (Å²) in [6.45, 7) is 7.21. The van der Waals surface area contributed by atoms with E-state index in [0.717, 1.165) is 18.5 Å². The van der Waals surface area contributed by atoms with Crippen LogP contribution in [0.1, 0.15) is 25.8 Å². The van der Waals surface area contributed by atoms with Gasteiger partial charge in [0.25, 0.3) is 0 Å². The third-order valence-electron chi connectivity index (χ3n) is 6.66. The van der Waals surface area contributed by atoms with Crippen molar-refractivity contribution >= 4 is 11.8 Å². The number of hydrazine groups is 1. The van der Waals surface area contributed by atoms with Crippen LogP contribution in [-0.2, 0) is 16.0 Å². The molecule has 2 fully saturated rings. The fraction of sp³-hybridized carbons (Fsp3) is 0.462. The summed E-state index contributed by atoms with van der Waals surface area (Å²) in [4.78, 5) is 30.5. The summed E-state index contributed by atoms with van der Waals surface area (Å²) >= 11 is 0. The van der Waals surface area contributed by atoms with Gasteiger partial charge in [0.1, 0.15) is 0 Å². The molecular formula is C26H34N4O2. The monoisotopic (exact) mass is 434 g/mol. The molecule has 2 amide bonds. The summed E-state index contributed by atoms with van der Waals surface area (Å²) in [6, 6.07) is 18.9. The molecule has 2 aromatic rings. The van der Waals surface area contributed by atoms with Gasteiger partial charge in [0.2, 0.25) is 11.8 Å². The number of nitrogens with one attached hydrogen (secondary N) is 2. The zero-order valence-electron chi connectivity index (χ0n) is 19.1. The van der Waals surface area contributed by atoms with Crippen molar-refractivity contribution in [3.63, 3.8) is 0 Å². The van der Waals surface area contributed by atoms with E-state index in [2.05, 4.69) is 54.2 Å². The van der Waals surface area contributed by atoms with Crippen molar-refractivity contribution in [2.75, 3.05) is 32.7 Å². The number of rotatable bonds is 6. The maximum Gasteiger partial charge on any atom is 0.228 e. The number of amides is 2. The van der Waals surface area contributed by atoms with Crippen molar-refractivity contribution < 1.29 is 9.59 Å². The van der Waals surface area contributed by atoms with Crippen molar-refractivity contribution in [1.82, 2.24) is 20.7 Å². The molecule has 2 aliphatic heterocycles. The highest BCUT2D eigenvalue weighted by Gasteiger charge is 2.37. The van der Waals surface area contributed by atoms with Crippen molar-refractivity contribution in [2.45, 2.75) is 32.7 Å². The standard InChI is InChI=1S/C26H34N4O2/c1-3-13-29-14-15-30(26(32)24-17-27-28-19(24)2)18-23(25(29)31)16-20-9-11-22(12-10-20)21-7-5-4-6-8-21/h4-12,19,23-24,27-28H,3,13-18H2,1-2H3. The van der Waals surface area contributed by atoms with Crippen LogP contribution in [0.3, 0.4) is 0 Å². The number of benzene rings is 2. The molecule has 0 spiro atoms. The fourth-order valence-electron chi connectivity index (χ4n) is 4.78. The van der Waals surface area contributed by atoms with Gasteiger partial charge in [0.15, 0.2) is 0 Å². The molecule has 32 heavy (non-hydrogen) atoms. The predicted molar refractivity (Wildman–Crippen MR) is 127 cm³/mol. The van der Waals surface area contributed by atoms with E-state index in [1.165, 1.54) is 11.1 Å². The van der Waals surface area contributed by atoms with Gasteiger partial charge >= 0.3 is 0 Å². The molecule has 6 nitrogen and oxygen atoms in total. The van der Waals surface area contributed by atoms with Crippen LogP contribution in [0.25, 0.3) is 11.1 Å². The van der Waals surface area contributed by atoms with Crippen LogP contribution in [0.2, 0.25) is 0 Å². The average Bonchev–Trinajstić information content (AvgIpc) is 3.19. The van der Waals surface area contributed by atoms with Gasteiger partial charge in [-0.1, -0.05) is 61.5 Å². The Morgan fingerprint density at radius 3 is 2.41 bits per heavy atom. The van der Waals surface area contributed by atoms with Crippen LogP contribution in [0.15, 0.2) is 54.6 Å². The highest BCUT2D eigenvalue weighted by Crippen LogP contribution is 2.23. The molecule has 0 aromatic heterocycles. The Labute approximate surface area is 190 Å². The van der Waals surface area contributed by atoms with Gasteiger partial charge in [-0.05, 0) is 36.5 Å². The van der Waals surface area contributed by atoms with Crippen molar-refractivity contribution in [3.8, 4) is 11.1 Å². The third kappa shape index (κ3) is 5.03. The zero-order valence-corrected chi connectivity index (χ0v) is 19.1. The van der Waals surface area contributed by atoms with Gasteiger partial charge in [0, 0.05) is 38.8 Å². The van der Waals surface area contributed by atoms with Gasteiger partial charge in [-0.25, -0.2) is 0 Å². The van der Waals surface area contributed by atoms with E-state index in [1.807, 2.05) is 34.9 Å². The minimum absolute atomic E-state index is 0.0892. The lowest BCUT2D eigenvalue weighted by atomic mass is 9.95. The number of nitrogens with zero attached hydrogens (tertiary/aromatic N) is 2. The van der Waals surface area contributed by atoms with E-state index in [0.29, 0.717) is 32.6 Å². The lowest BCUT2D eigenvalue weighted by Gasteiger charge is -2.27. The van der Waals surface area contributed by atoms with Crippen molar-refractivity contribution in [2.24, 2.45) is 11.8 Å². The zero-order chi connectivity index (χ0) is 22.5. The second-order valence-electron chi connectivity index (χ2n) is 8.99. The Hall–Kier alpha value is -2.70. The normalized spacial score (nSPS) is 23.9. The summed E-state index contributed by atoms with van der Waals surface area (Å²) in [6.07, 6.45) is 1.57. The van der Waals surface area contributed by atoms with Crippen LogP contribution in [0.5, 0.6) is 0 Å². The Morgan fingerprint density at radius 2 is 1.75 bits per heavy atom. The molecule has 170 valence electrons. The van der Waals surface area contributed by atoms with Crippen LogP contribution < -0.4 is 10.9 Å². The first-order chi connectivity index (χ1) is 15.6. The first-order valence-corrected chi connectivity index (χ1v) is 11.8. The molecule has 3 unspecified atom stereocenters. The molecule has 2 N–H and O–H groups in total. The van der Waals surface area contributed by atoms with Crippen LogP contribution in [0, 0.1) is 11.8 Å². The van der Waals surface area contributed by atoms with E-state index >= 15 is 0 Å². The Morgan fingerprint density at radius 1 is 1.03 bits per heavy atom. The summed E-state index contributed by atoms with van der Waals surface area (Å²) in [5, 5.41) is 0. The molecule has 0 saturated carbocycles. The molecule has 2 saturated heterocycles. The first kappa shape index (κ1) is 22.5. The summed E-state index contributed by atoms with van der Waals surface area (Å²) in [7, 11) is 0. The second-order valence-corrected chi connectivity index (χ2v) is 8.99. The predicted octanol–water partition coefficient (Wildman–Crippen LogP) is 2.71. The molecule has 0 aliphatic carbocycles. The third-order valence-corrected chi connectivity index (χ3v) is 6.66. The van der Waals surface area contributed by atoms with Crippen LogP contribution >= 0.6 is 0 Å². The minimum atomic E-state index is -0.215. The van der Waals surface area contributed by atoms with E-state index < -0.39 is 0 Å². The highest BCUT2D eigenvalue weighted by molar-refractivity contribution is 5.84. The molecular weight excluding hydrogens is 400 g/mol. The average molecular weight is 435 g/mol. The van der Waals surface area contributed by atoms with E-state index in [1.54, 1.807) is 0 Å². The Kier molecular flexibility index (Phi) is 7.22. The number of hydrogen-bond acceptors (Lipinski definition) is 4. The van der Waals surface area contributed by atoms with Crippen molar-refractivity contribution in [1.29, 1.82) is 0 Å². The lowest BCUT2D eigenvalue weighted by molar-refractivity contribution is -0.136. The minimum Gasteiger partial charge on any atom is -0.341 e. The molecule has 2 aromatic carbocycles. The molecule has 4 rings (SSSR count). The van der Waals surface area contributed by atoms with E-state index in [4.69, 9.17) is 0 Å². The molecule has 2 aliphatic rings. The Balaban J connectivity index is 1.51. The van der Waals surface area contributed by atoms with E-state index in [-0.39, 0.29) is 29.7 Å². The van der Waals surface area contributed by atoms with Gasteiger partial charge in [-0.3, -0.25) is 20.4 Å². The van der Waals surface area contributed by atoms with Gasteiger partial charge in [0.05, 0.1) is 11.8 Å². The Bertz CT molecular complexity index is 915. The summed E-state index contributed by atoms with van der Waals surface area (Å²) in [5.74, 6) is 0.0115. The number of carbonyl (C=O) groups is 2. The topological polar surface area (TPSA) is 64.7 Å². The van der Waals surface area contributed by atoms with Crippen molar-refractivity contribution in [3.05, 3.63) is 60.2 Å². The number of carbonyl (C=O) groups excluding carboxylic acids is 2. The molecule has 2 heterocycles. The first-order valence-electron chi connectivity index (χ1n) is 11.8. The summed E-state index contributed by atoms with van der Waals surface area (Å²) < 4.78 is 0. The molecule has 6 heteroatoms. The maximum absolute atomic E-state index is 13.3. The SMILES string of the molecule is CCCN1CCN(C(=O)C2CNNC2C)CC(Cc2ccc(-c3ccccc3)cc2)C1=O. The van der Waals surface area contributed by atoms with Gasteiger partial charge in [-0.15, -0.1) is 0 Å². The van der Waals surface area contributed by atoms with Gasteiger partial charge in [-0.2, -0.15) is 0 Å². The smallest absolute Gasteiger partial charge is 0.228 e. The number of hydrogen-bond donors (Lipinski definition) is 2. The quantitative estimate of drug-likeness (QED) is 0.734. The molecule has 0 bridgehead atoms. The second kappa shape index (κ2) is 10.3. The maximum atomic E-state index is 13.3. The largest absolute Gasteiger partial charge is 0.341 e. The fourth-order valence-corrected chi connectivity index (χ4v) is 4.78. The molecule has 0 radical (unpaired) electrons. The highest BCUT2D eigenvalue weighted by atomic mass is 16.2. The van der Waals surface area contributed by atoms with Crippen LogP contribution in [-0.4, -0.2) is 60.4 Å². The lowest BCUT2D eigenvalue weighted by Crippen LogP contribution is -2.44. The van der Waals surface area contributed by atoms with E-state index in [9.17, 15) is 9.59 Å². The summed E-state index contributed by atoms with van der Waals surface area (Å²) in [5.41, 5.74) is 9.71. The molecule has 3 atom stereocenters. The van der Waals surface area contributed by atoms with Crippen LogP contribution in [0.4, 0.5) is 0 Å².